The molecule has 4 heterocycles. The maximum Gasteiger partial charge on any atom is 0.425 e. The Hall–Kier alpha value is -3.36. The van der Waals surface area contributed by atoms with Gasteiger partial charge in [0.15, 0.2) is 0 Å². The summed E-state index contributed by atoms with van der Waals surface area (Å²) >= 11 is 6.54. The van der Waals surface area contributed by atoms with Gasteiger partial charge < -0.3 is 19.6 Å². The number of rotatable bonds is 7. The van der Waals surface area contributed by atoms with Gasteiger partial charge in [-0.25, -0.2) is 0 Å². The summed E-state index contributed by atoms with van der Waals surface area (Å²) in [5.41, 5.74) is -2.68. The molecule has 3 aromatic rings. The number of piperidine rings is 1. The number of thiophene rings is 1. The fourth-order valence-corrected chi connectivity index (χ4v) is 7.31. The van der Waals surface area contributed by atoms with Crippen molar-refractivity contribution in [2.24, 2.45) is 0 Å². The van der Waals surface area contributed by atoms with Crippen molar-refractivity contribution in [3.63, 3.8) is 0 Å². The van der Waals surface area contributed by atoms with E-state index in [-0.39, 0.29) is 38.1 Å². The lowest BCUT2D eigenvalue weighted by molar-refractivity contribution is -0.163. The van der Waals surface area contributed by atoms with E-state index in [0.717, 1.165) is 40.2 Å². The number of pyridine rings is 1. The molecule has 2 amide bonds. The molecule has 0 radical (unpaired) electrons. The molecule has 0 saturated carbocycles. The van der Waals surface area contributed by atoms with Crippen LogP contribution >= 0.6 is 22.9 Å². The van der Waals surface area contributed by atoms with Gasteiger partial charge in [0, 0.05) is 42.2 Å². The van der Waals surface area contributed by atoms with Crippen LogP contribution in [0.3, 0.4) is 0 Å². The maximum absolute atomic E-state index is 14.9. The summed E-state index contributed by atoms with van der Waals surface area (Å²) in [6.45, 7) is 1.29. The van der Waals surface area contributed by atoms with Crippen molar-refractivity contribution >= 4 is 34.8 Å². The van der Waals surface area contributed by atoms with Crippen LogP contribution in [-0.2, 0) is 23.6 Å². The second kappa shape index (κ2) is 13.0. The molecule has 1 N–H and O–H groups in total. The number of halogens is 7. The number of nitrogens with zero attached hydrogens (tertiary/aromatic N) is 3. The van der Waals surface area contributed by atoms with Gasteiger partial charge in [0.1, 0.15) is 16.3 Å². The molecule has 1 saturated heterocycles. The Morgan fingerprint density at radius 3 is 2.52 bits per heavy atom. The van der Waals surface area contributed by atoms with Crippen molar-refractivity contribution in [1.82, 2.24) is 14.8 Å². The van der Waals surface area contributed by atoms with Crippen molar-refractivity contribution in [1.29, 1.82) is 0 Å². The number of hydrogen-bond acceptors (Lipinski definition) is 6. The number of aliphatic hydroxyl groups is 1. The van der Waals surface area contributed by atoms with Crippen molar-refractivity contribution < 1.29 is 45.8 Å². The summed E-state index contributed by atoms with van der Waals surface area (Å²) < 4.78 is 88.8. The second-order valence-electron chi connectivity index (χ2n) is 11.2. The molecule has 46 heavy (non-hydrogen) atoms. The van der Waals surface area contributed by atoms with E-state index in [1.165, 1.54) is 4.90 Å². The van der Waals surface area contributed by atoms with E-state index in [0.29, 0.717) is 34.8 Å². The van der Waals surface area contributed by atoms with Gasteiger partial charge in [-0.05, 0) is 54.7 Å². The number of hydrogen-bond donors (Lipinski definition) is 1. The Bertz CT molecular complexity index is 1600. The van der Waals surface area contributed by atoms with Crippen LogP contribution in [-0.4, -0.2) is 63.0 Å². The molecule has 1 aromatic carbocycles. The van der Waals surface area contributed by atoms with Gasteiger partial charge in [-0.1, -0.05) is 31.0 Å². The quantitative estimate of drug-likeness (QED) is 0.266. The zero-order chi connectivity index (χ0) is 33.4. The predicted molar refractivity (Wildman–Crippen MR) is 158 cm³/mol. The summed E-state index contributed by atoms with van der Waals surface area (Å²) in [6, 6.07) is 5.52. The standard InChI is InChI=1S/C31H30ClF6N3O4S/c1-2-5-24-29(45-20-15-25(46-17-20)31(36,37)38,28(44)40-13-9-18-14-19(32)7-8-21(18)23(40)16-42)10-4-12-41(24)27(43)26-22(30(33,34)35)6-3-11-39-26/h3,6-8,11,14-15,17,23-24,42H,2,4-5,9-10,12-13,16H2,1H3/t23?,24-,29+/m1/s1. The number of benzene rings is 1. The largest absolute Gasteiger partial charge is 0.474 e. The number of ether oxygens (including phenoxy) is 1. The van der Waals surface area contributed by atoms with Gasteiger partial charge >= 0.3 is 12.4 Å². The van der Waals surface area contributed by atoms with Crippen molar-refractivity contribution in [2.45, 2.75) is 69.1 Å². The van der Waals surface area contributed by atoms with Crippen LogP contribution in [0.25, 0.3) is 0 Å². The minimum Gasteiger partial charge on any atom is -0.474 e. The zero-order valence-electron chi connectivity index (χ0n) is 24.5. The summed E-state index contributed by atoms with van der Waals surface area (Å²) in [6.07, 6.45) is -7.72. The van der Waals surface area contributed by atoms with E-state index < -0.39 is 64.6 Å². The summed E-state index contributed by atoms with van der Waals surface area (Å²) in [7, 11) is 0. The number of aliphatic hydroxyl groups excluding tert-OH is 1. The molecule has 15 heteroatoms. The van der Waals surface area contributed by atoms with Crippen LogP contribution < -0.4 is 4.74 Å². The summed E-state index contributed by atoms with van der Waals surface area (Å²) in [5.74, 6) is -2.04. The van der Waals surface area contributed by atoms with Gasteiger partial charge in [0.2, 0.25) is 5.60 Å². The Labute approximate surface area is 269 Å². The number of alkyl halides is 6. The average molecular weight is 690 g/mol. The van der Waals surface area contributed by atoms with Crippen LogP contribution in [0.4, 0.5) is 26.3 Å². The number of carbonyl (C=O) groups is 2. The number of likely N-dealkylation sites (tertiary alicyclic amines) is 1. The van der Waals surface area contributed by atoms with Gasteiger partial charge in [0.05, 0.1) is 24.3 Å². The highest BCUT2D eigenvalue weighted by Gasteiger charge is 2.57. The third kappa shape index (κ3) is 6.43. The molecule has 2 aromatic heterocycles. The number of amides is 2. The Kier molecular flexibility index (Phi) is 9.63. The Morgan fingerprint density at radius 1 is 1.11 bits per heavy atom. The first kappa shape index (κ1) is 34.0. The molecule has 5 rings (SSSR count). The fourth-order valence-electron chi connectivity index (χ4n) is 6.44. The Morgan fingerprint density at radius 2 is 1.87 bits per heavy atom. The monoisotopic (exact) mass is 689 g/mol. The average Bonchev–Trinajstić information content (AvgIpc) is 3.49. The van der Waals surface area contributed by atoms with Crippen molar-refractivity contribution in [2.75, 3.05) is 19.7 Å². The number of aromatic nitrogens is 1. The van der Waals surface area contributed by atoms with Crippen LogP contribution in [0, 0.1) is 0 Å². The lowest BCUT2D eigenvalue weighted by Crippen LogP contribution is -2.68. The molecule has 2 aliphatic rings. The highest BCUT2D eigenvalue weighted by atomic mass is 35.5. The molecule has 248 valence electrons. The van der Waals surface area contributed by atoms with E-state index in [1.54, 1.807) is 25.1 Å². The summed E-state index contributed by atoms with van der Waals surface area (Å²) in [4.78, 5) is 34.1. The maximum atomic E-state index is 14.9. The molecule has 1 unspecified atom stereocenters. The third-order valence-electron chi connectivity index (χ3n) is 8.41. The molecule has 7 nitrogen and oxygen atoms in total. The third-order valence-corrected chi connectivity index (χ3v) is 9.60. The van der Waals surface area contributed by atoms with E-state index >= 15 is 0 Å². The van der Waals surface area contributed by atoms with Crippen LogP contribution in [0.5, 0.6) is 5.75 Å². The number of fused-ring (bicyclic) bond motifs is 1. The van der Waals surface area contributed by atoms with Crippen molar-refractivity contribution in [3.05, 3.63) is 80.3 Å². The van der Waals surface area contributed by atoms with Gasteiger partial charge in [-0.15, -0.1) is 11.3 Å². The lowest BCUT2D eigenvalue weighted by Gasteiger charge is -2.51. The molecule has 2 aliphatic heterocycles. The molecule has 0 bridgehead atoms. The first-order chi connectivity index (χ1) is 21.7. The van der Waals surface area contributed by atoms with E-state index in [9.17, 15) is 41.0 Å². The Balaban J connectivity index is 1.63. The highest BCUT2D eigenvalue weighted by molar-refractivity contribution is 7.10. The van der Waals surface area contributed by atoms with E-state index in [4.69, 9.17) is 16.3 Å². The minimum atomic E-state index is -4.90. The van der Waals surface area contributed by atoms with E-state index in [1.807, 2.05) is 0 Å². The van der Waals surface area contributed by atoms with Gasteiger partial charge in [-0.3, -0.25) is 14.6 Å². The van der Waals surface area contributed by atoms with E-state index in [2.05, 4.69) is 4.98 Å². The zero-order valence-corrected chi connectivity index (χ0v) is 26.1. The predicted octanol–water partition coefficient (Wildman–Crippen LogP) is 7.17. The first-order valence-electron chi connectivity index (χ1n) is 14.6. The van der Waals surface area contributed by atoms with Crippen LogP contribution in [0.1, 0.15) is 70.7 Å². The van der Waals surface area contributed by atoms with Crippen LogP contribution in [0.2, 0.25) is 5.02 Å². The second-order valence-corrected chi connectivity index (χ2v) is 12.6. The van der Waals surface area contributed by atoms with Gasteiger partial charge in [0.25, 0.3) is 11.8 Å². The molecule has 1 fully saturated rings. The van der Waals surface area contributed by atoms with Crippen molar-refractivity contribution in [3.8, 4) is 5.75 Å². The summed E-state index contributed by atoms with van der Waals surface area (Å²) in [5, 5.41) is 12.1. The molecular weight excluding hydrogens is 660 g/mol. The molecule has 0 aliphatic carbocycles. The first-order valence-corrected chi connectivity index (χ1v) is 15.8. The molecular formula is C31H30ClF6N3O4S. The van der Waals surface area contributed by atoms with Crippen LogP contribution in [0.15, 0.2) is 48.0 Å². The van der Waals surface area contributed by atoms with Gasteiger partial charge in [-0.2, -0.15) is 26.3 Å². The molecule has 0 spiro atoms. The lowest BCUT2D eigenvalue weighted by atomic mass is 9.78. The normalized spacial score (nSPS) is 22.0. The minimum absolute atomic E-state index is 0.0437. The number of carbonyl (C=O) groups excluding carboxylic acids is 2. The molecule has 3 atom stereocenters. The topological polar surface area (TPSA) is 83.0 Å². The SMILES string of the molecule is CCC[C@H]1N(C(=O)c2ncccc2C(F)(F)F)CCC[C@@]1(Oc1csc(C(F)(F)F)c1)C(=O)N1CCc2cc(Cl)ccc2C1CO. The highest BCUT2D eigenvalue weighted by Crippen LogP contribution is 2.44. The fraction of sp³-hybridized carbons (Fsp3) is 0.452. The smallest absolute Gasteiger partial charge is 0.425 e.